The summed E-state index contributed by atoms with van der Waals surface area (Å²) in [6.45, 7) is 5.86. The van der Waals surface area contributed by atoms with Crippen molar-refractivity contribution in [3.05, 3.63) is 42.0 Å². The Hall–Kier alpha value is -2.97. The largest absolute Gasteiger partial charge is 0.367 e. The van der Waals surface area contributed by atoms with Gasteiger partial charge in [0.2, 0.25) is 11.9 Å². The van der Waals surface area contributed by atoms with E-state index in [9.17, 15) is 9.18 Å². The van der Waals surface area contributed by atoms with Gasteiger partial charge in [-0.15, -0.1) is 0 Å². The topological polar surface area (TPSA) is 104 Å². The summed E-state index contributed by atoms with van der Waals surface area (Å²) in [5.74, 6) is 0.128. The number of likely N-dealkylation sites (N-methyl/N-ethyl adjacent to an activating group) is 1. The zero-order chi connectivity index (χ0) is 18.0. The molecule has 1 aromatic rings. The monoisotopic (exact) mass is 345 g/mol. The van der Waals surface area contributed by atoms with Crippen LogP contribution in [-0.4, -0.2) is 39.1 Å². The predicted molar refractivity (Wildman–Crippen MR) is 91.5 cm³/mol. The van der Waals surface area contributed by atoms with E-state index in [0.717, 1.165) is 0 Å². The van der Waals surface area contributed by atoms with E-state index in [1.165, 1.54) is 18.6 Å². The van der Waals surface area contributed by atoms with Crippen molar-refractivity contribution in [1.29, 1.82) is 0 Å². The average Bonchev–Trinajstić information content (AvgIpc) is 2.98. The van der Waals surface area contributed by atoms with Gasteiger partial charge in [-0.2, -0.15) is 4.98 Å². The van der Waals surface area contributed by atoms with Crippen LogP contribution in [0.3, 0.4) is 0 Å². The van der Waals surface area contributed by atoms with Crippen molar-refractivity contribution < 1.29 is 9.18 Å². The summed E-state index contributed by atoms with van der Waals surface area (Å²) in [6, 6.07) is 0. The Morgan fingerprint density at radius 2 is 2.08 bits per heavy atom. The highest BCUT2D eigenvalue weighted by Gasteiger charge is 2.30. The number of carbonyl (C=O) groups excluding carboxylic acids is 1. The van der Waals surface area contributed by atoms with E-state index in [1.54, 1.807) is 20.0 Å². The number of anilines is 1. The number of fused-ring (bicyclic) bond motifs is 1. The van der Waals surface area contributed by atoms with Crippen LogP contribution in [0.5, 0.6) is 0 Å². The summed E-state index contributed by atoms with van der Waals surface area (Å²) in [5.41, 5.74) is 0.488. The van der Waals surface area contributed by atoms with E-state index in [2.05, 4.69) is 36.2 Å². The number of rotatable bonds is 5. The second kappa shape index (κ2) is 6.50. The summed E-state index contributed by atoms with van der Waals surface area (Å²) in [5, 5.41) is 11.8. The van der Waals surface area contributed by atoms with Gasteiger partial charge < -0.3 is 21.3 Å². The predicted octanol–water partition coefficient (Wildman–Crippen LogP) is 0.809. The summed E-state index contributed by atoms with van der Waals surface area (Å²) in [4.78, 5) is 24.7. The minimum atomic E-state index is -0.889. The number of nitrogens with one attached hydrogen (secondary N) is 4. The number of carbonyl (C=O) groups is 1. The third kappa shape index (κ3) is 3.44. The van der Waals surface area contributed by atoms with Crippen molar-refractivity contribution in [2.24, 2.45) is 0 Å². The van der Waals surface area contributed by atoms with Gasteiger partial charge in [0.05, 0.1) is 0 Å². The molecular weight excluding hydrogens is 325 g/mol. The molecule has 3 rings (SSSR count). The molecule has 3 heterocycles. The number of nitrogens with zero attached hydrogens (tertiary/aromatic N) is 3. The number of hydrogen-bond donors (Lipinski definition) is 4. The van der Waals surface area contributed by atoms with E-state index in [0.29, 0.717) is 23.5 Å². The van der Waals surface area contributed by atoms with Crippen LogP contribution in [0.15, 0.2) is 36.2 Å². The molecule has 0 spiro atoms. The zero-order valence-corrected chi connectivity index (χ0v) is 14.2. The molecule has 1 unspecified atom stereocenters. The van der Waals surface area contributed by atoms with Gasteiger partial charge in [0, 0.05) is 30.1 Å². The summed E-state index contributed by atoms with van der Waals surface area (Å²) in [7, 11) is 0. The molecule has 8 nitrogen and oxygen atoms in total. The second-order valence-electron chi connectivity index (χ2n) is 6.20. The van der Waals surface area contributed by atoms with Gasteiger partial charge in [0.15, 0.2) is 5.82 Å². The van der Waals surface area contributed by atoms with Crippen LogP contribution in [0.1, 0.15) is 26.6 Å². The summed E-state index contributed by atoms with van der Waals surface area (Å²) >= 11 is 0. The number of aromatic nitrogens is 3. The highest BCUT2D eigenvalue weighted by molar-refractivity contribution is 5.88. The SMILES string of the molecule is CCNC(=O)C(C)(C)Nc1ncnc(C2=CNC3NC=C(F)C=C23)n1. The van der Waals surface area contributed by atoms with E-state index < -0.39 is 5.54 Å². The highest BCUT2D eigenvalue weighted by Crippen LogP contribution is 2.30. The smallest absolute Gasteiger partial charge is 0.245 e. The Morgan fingerprint density at radius 3 is 2.84 bits per heavy atom. The van der Waals surface area contributed by atoms with Gasteiger partial charge in [-0.3, -0.25) is 4.79 Å². The standard InChI is InChI=1S/C16H20FN7O/c1-4-18-14(25)16(2,3)24-15-22-8-21-13(23-15)11-7-20-12-10(11)5-9(17)6-19-12/h5-8,12,19-20H,4H2,1-3H3,(H,18,25)(H,21,22,23,24). The minimum absolute atomic E-state index is 0.162. The van der Waals surface area contributed by atoms with Crippen LogP contribution < -0.4 is 21.3 Å². The van der Waals surface area contributed by atoms with Crippen molar-refractivity contribution >= 4 is 17.4 Å². The molecule has 2 aliphatic heterocycles. The fourth-order valence-electron chi connectivity index (χ4n) is 2.55. The molecule has 2 aliphatic rings. The highest BCUT2D eigenvalue weighted by atomic mass is 19.1. The molecule has 1 aromatic heterocycles. The van der Waals surface area contributed by atoms with Crippen molar-refractivity contribution in [2.75, 3.05) is 11.9 Å². The van der Waals surface area contributed by atoms with Crippen LogP contribution in [0.25, 0.3) is 5.57 Å². The van der Waals surface area contributed by atoms with Gasteiger partial charge >= 0.3 is 0 Å². The first-order chi connectivity index (χ1) is 11.9. The number of amides is 1. The Kier molecular flexibility index (Phi) is 4.39. The van der Waals surface area contributed by atoms with Gasteiger partial charge in [-0.25, -0.2) is 14.4 Å². The van der Waals surface area contributed by atoms with Crippen molar-refractivity contribution in [3.8, 4) is 0 Å². The van der Waals surface area contributed by atoms with Crippen molar-refractivity contribution in [1.82, 2.24) is 30.9 Å². The Labute approximate surface area is 144 Å². The molecule has 1 amide bonds. The lowest BCUT2D eigenvalue weighted by molar-refractivity contribution is -0.124. The quantitative estimate of drug-likeness (QED) is 0.626. The van der Waals surface area contributed by atoms with Crippen molar-refractivity contribution in [3.63, 3.8) is 0 Å². The molecule has 0 aliphatic carbocycles. The Morgan fingerprint density at radius 1 is 1.32 bits per heavy atom. The van der Waals surface area contributed by atoms with Gasteiger partial charge in [0.1, 0.15) is 23.9 Å². The van der Waals surface area contributed by atoms with Crippen LogP contribution in [0, 0.1) is 0 Å². The van der Waals surface area contributed by atoms with Crippen molar-refractivity contribution in [2.45, 2.75) is 32.5 Å². The van der Waals surface area contributed by atoms with Gasteiger partial charge in [0.25, 0.3) is 0 Å². The lowest BCUT2D eigenvalue weighted by Gasteiger charge is -2.24. The molecule has 132 valence electrons. The fraction of sp³-hybridized carbons (Fsp3) is 0.375. The molecule has 9 heteroatoms. The number of dihydropyridines is 1. The van der Waals surface area contributed by atoms with Crippen LogP contribution in [0.2, 0.25) is 0 Å². The molecule has 25 heavy (non-hydrogen) atoms. The minimum Gasteiger partial charge on any atom is -0.367 e. The van der Waals surface area contributed by atoms with E-state index in [1.807, 2.05) is 6.92 Å². The van der Waals surface area contributed by atoms with Crippen LogP contribution >= 0.6 is 0 Å². The second-order valence-corrected chi connectivity index (χ2v) is 6.20. The number of hydrogen-bond acceptors (Lipinski definition) is 7. The maximum absolute atomic E-state index is 13.5. The summed E-state index contributed by atoms with van der Waals surface area (Å²) < 4.78 is 13.5. The maximum atomic E-state index is 13.5. The molecule has 0 bridgehead atoms. The lowest BCUT2D eigenvalue weighted by atomic mass is 10.0. The summed E-state index contributed by atoms with van der Waals surface area (Å²) in [6.07, 6.45) is 5.60. The molecule has 4 N–H and O–H groups in total. The molecule has 0 fully saturated rings. The normalized spacial score (nSPS) is 18.9. The maximum Gasteiger partial charge on any atom is 0.245 e. The van der Waals surface area contributed by atoms with E-state index in [-0.39, 0.29) is 23.8 Å². The average molecular weight is 345 g/mol. The molecular formula is C16H20FN7O. The molecule has 0 saturated heterocycles. The Balaban J connectivity index is 1.83. The van der Waals surface area contributed by atoms with Gasteiger partial charge in [-0.05, 0) is 26.8 Å². The van der Waals surface area contributed by atoms with E-state index >= 15 is 0 Å². The van der Waals surface area contributed by atoms with Gasteiger partial charge in [-0.1, -0.05) is 0 Å². The first-order valence-electron chi connectivity index (χ1n) is 7.96. The van der Waals surface area contributed by atoms with E-state index in [4.69, 9.17) is 0 Å². The molecule has 0 radical (unpaired) electrons. The molecule has 1 atom stereocenters. The third-order valence-corrected chi connectivity index (χ3v) is 3.84. The first kappa shape index (κ1) is 16.9. The van der Waals surface area contributed by atoms with Crippen LogP contribution in [-0.2, 0) is 4.79 Å². The Bertz CT molecular complexity index is 784. The molecule has 0 aromatic carbocycles. The number of allylic oxidation sites excluding steroid dienone is 2. The zero-order valence-electron chi connectivity index (χ0n) is 14.2. The third-order valence-electron chi connectivity index (χ3n) is 3.84. The number of halogens is 1. The first-order valence-corrected chi connectivity index (χ1v) is 7.96. The fourth-order valence-corrected chi connectivity index (χ4v) is 2.55. The van der Waals surface area contributed by atoms with Crippen LogP contribution in [0.4, 0.5) is 10.3 Å². The lowest BCUT2D eigenvalue weighted by Crippen LogP contribution is -2.48. The molecule has 0 saturated carbocycles.